The number of benzene rings is 2. The third kappa shape index (κ3) is 7.38. The summed E-state index contributed by atoms with van der Waals surface area (Å²) in [6.07, 6.45) is 3.31. The second-order valence-corrected chi connectivity index (χ2v) is 9.86. The molecule has 5 nitrogen and oxygen atoms in total. The molecule has 1 aliphatic heterocycles. The lowest BCUT2D eigenvalue weighted by Crippen LogP contribution is -2.49. The van der Waals surface area contributed by atoms with Crippen LogP contribution in [0.15, 0.2) is 42.5 Å². The molecule has 0 aromatic heterocycles. The van der Waals surface area contributed by atoms with E-state index >= 15 is 0 Å². The molecule has 0 radical (unpaired) electrons. The first-order valence-electron chi connectivity index (χ1n) is 11.4. The maximum absolute atomic E-state index is 12.6. The number of carbonyl (C=O) groups excluding carboxylic acids is 1. The summed E-state index contributed by atoms with van der Waals surface area (Å²) < 4.78 is 0. The summed E-state index contributed by atoms with van der Waals surface area (Å²) in [5.74, 6) is 0.983. The minimum Gasteiger partial charge on any atom is -0.334 e. The molecule has 174 valence electrons. The fraction of sp³-hybridized carbons (Fsp3) is 0.480. The normalized spacial score (nSPS) is 16.2. The van der Waals surface area contributed by atoms with Crippen molar-refractivity contribution in [1.29, 1.82) is 0 Å². The number of hydrogen-bond acceptors (Lipinski definition) is 3. The minimum absolute atomic E-state index is 0.0827. The van der Waals surface area contributed by atoms with Gasteiger partial charge in [-0.15, -0.1) is 0 Å². The van der Waals surface area contributed by atoms with Gasteiger partial charge in [-0.25, -0.2) is 4.79 Å². The number of amides is 2. The van der Waals surface area contributed by atoms with Gasteiger partial charge < -0.3 is 21.3 Å². The van der Waals surface area contributed by atoms with Crippen LogP contribution in [0.2, 0.25) is 10.0 Å². The molecule has 32 heavy (non-hydrogen) atoms. The Bertz CT molecular complexity index is 897. The highest BCUT2D eigenvalue weighted by Gasteiger charge is 2.24. The number of nitrogens with one attached hydrogen (secondary N) is 2. The predicted octanol–water partition coefficient (Wildman–Crippen LogP) is 5.55. The van der Waals surface area contributed by atoms with Crippen molar-refractivity contribution in [1.82, 2.24) is 10.2 Å². The van der Waals surface area contributed by atoms with Gasteiger partial charge in [0.15, 0.2) is 0 Å². The average molecular weight is 477 g/mol. The number of halogens is 2. The average Bonchev–Trinajstić information content (AvgIpc) is 2.77. The standard InChI is InChI=1S/C25H34Cl2N4O/c1-17(2)24(30-25(32)29-21-5-3-4-20(13-21)15-28)16-31-10-8-18(9-11-31)12-19-6-7-22(26)23(27)14-19/h3-7,13-14,17-18,24H,8-12,15-16,28H2,1-2H3,(H2,29,30,32). The van der Waals surface area contributed by atoms with E-state index in [4.69, 9.17) is 28.9 Å². The second kappa shape index (κ2) is 11.9. The van der Waals surface area contributed by atoms with Crippen molar-refractivity contribution < 1.29 is 4.79 Å². The van der Waals surface area contributed by atoms with Gasteiger partial charge in [0.05, 0.1) is 10.0 Å². The van der Waals surface area contributed by atoms with Crippen molar-refractivity contribution >= 4 is 34.9 Å². The van der Waals surface area contributed by atoms with Crippen LogP contribution in [0.4, 0.5) is 10.5 Å². The van der Waals surface area contributed by atoms with Crippen LogP contribution in [0.3, 0.4) is 0 Å². The third-order valence-electron chi connectivity index (χ3n) is 6.21. The molecule has 0 spiro atoms. The maximum Gasteiger partial charge on any atom is 0.319 e. The van der Waals surface area contributed by atoms with Crippen LogP contribution in [0.5, 0.6) is 0 Å². The van der Waals surface area contributed by atoms with E-state index in [0.29, 0.717) is 28.4 Å². The molecular weight excluding hydrogens is 443 g/mol. The van der Waals surface area contributed by atoms with Gasteiger partial charge in [-0.3, -0.25) is 0 Å². The number of anilines is 1. The van der Waals surface area contributed by atoms with E-state index in [1.165, 1.54) is 5.56 Å². The van der Waals surface area contributed by atoms with Gasteiger partial charge in [0.2, 0.25) is 0 Å². The molecule has 1 heterocycles. The summed E-state index contributed by atoms with van der Waals surface area (Å²) in [6.45, 7) is 7.68. The first kappa shape index (κ1) is 24.8. The number of urea groups is 1. The quantitative estimate of drug-likeness (QED) is 0.467. The molecule has 1 aliphatic rings. The largest absolute Gasteiger partial charge is 0.334 e. The van der Waals surface area contributed by atoms with E-state index in [0.717, 1.165) is 50.1 Å². The Hall–Kier alpha value is -1.79. The zero-order valence-corrected chi connectivity index (χ0v) is 20.4. The summed E-state index contributed by atoms with van der Waals surface area (Å²) in [5, 5.41) is 7.33. The molecule has 7 heteroatoms. The van der Waals surface area contributed by atoms with E-state index in [2.05, 4.69) is 35.4 Å². The zero-order chi connectivity index (χ0) is 23.1. The van der Waals surface area contributed by atoms with Gasteiger partial charge in [-0.1, -0.05) is 55.2 Å². The summed E-state index contributed by atoms with van der Waals surface area (Å²) in [5.41, 5.74) is 8.69. The fourth-order valence-corrected chi connectivity index (χ4v) is 4.51. The molecule has 2 aromatic rings. The van der Waals surface area contributed by atoms with E-state index in [1.807, 2.05) is 36.4 Å². The molecule has 1 fully saturated rings. The van der Waals surface area contributed by atoms with Crippen LogP contribution in [0, 0.1) is 11.8 Å². The van der Waals surface area contributed by atoms with Gasteiger partial charge >= 0.3 is 6.03 Å². The number of piperidine rings is 1. The number of nitrogens with zero attached hydrogens (tertiary/aromatic N) is 1. The first-order valence-corrected chi connectivity index (χ1v) is 12.1. The molecule has 1 unspecified atom stereocenters. The number of nitrogens with two attached hydrogens (primary N) is 1. The summed E-state index contributed by atoms with van der Waals surface area (Å²) in [6, 6.07) is 13.5. The Morgan fingerprint density at radius 3 is 2.50 bits per heavy atom. The monoisotopic (exact) mass is 476 g/mol. The molecular formula is C25H34Cl2N4O. The maximum atomic E-state index is 12.6. The first-order chi connectivity index (χ1) is 15.3. The fourth-order valence-electron chi connectivity index (χ4n) is 4.19. The topological polar surface area (TPSA) is 70.4 Å². The summed E-state index contributed by atoms with van der Waals surface area (Å²) >= 11 is 12.2. The number of likely N-dealkylation sites (tertiary alicyclic amines) is 1. The smallest absolute Gasteiger partial charge is 0.319 e. The highest BCUT2D eigenvalue weighted by molar-refractivity contribution is 6.42. The van der Waals surface area contributed by atoms with Crippen LogP contribution < -0.4 is 16.4 Å². The van der Waals surface area contributed by atoms with Crippen molar-refractivity contribution in [3.05, 3.63) is 63.6 Å². The number of rotatable bonds is 8. The van der Waals surface area contributed by atoms with Crippen molar-refractivity contribution in [2.75, 3.05) is 25.0 Å². The molecule has 0 aliphatic carbocycles. The predicted molar refractivity (Wildman–Crippen MR) is 134 cm³/mol. The molecule has 2 amide bonds. The molecule has 4 N–H and O–H groups in total. The lowest BCUT2D eigenvalue weighted by atomic mass is 9.89. The Labute approximate surface area is 201 Å². The van der Waals surface area contributed by atoms with E-state index < -0.39 is 0 Å². The highest BCUT2D eigenvalue weighted by atomic mass is 35.5. The minimum atomic E-state index is -0.174. The lowest BCUT2D eigenvalue weighted by Gasteiger charge is -2.35. The van der Waals surface area contributed by atoms with Gasteiger partial charge in [0.25, 0.3) is 0 Å². The molecule has 1 saturated heterocycles. The van der Waals surface area contributed by atoms with Gasteiger partial charge in [-0.05, 0) is 79.6 Å². The Balaban J connectivity index is 1.47. The Kier molecular flexibility index (Phi) is 9.23. The molecule has 0 bridgehead atoms. The third-order valence-corrected chi connectivity index (χ3v) is 6.95. The van der Waals surface area contributed by atoms with Gasteiger partial charge in [0.1, 0.15) is 0 Å². The molecule has 1 atom stereocenters. The highest BCUT2D eigenvalue weighted by Crippen LogP contribution is 2.27. The Morgan fingerprint density at radius 1 is 1.09 bits per heavy atom. The van der Waals surface area contributed by atoms with E-state index in [9.17, 15) is 4.79 Å². The van der Waals surface area contributed by atoms with Crippen LogP contribution >= 0.6 is 23.2 Å². The van der Waals surface area contributed by atoms with Crippen LogP contribution in [0.1, 0.15) is 37.8 Å². The molecule has 0 saturated carbocycles. The van der Waals surface area contributed by atoms with E-state index in [-0.39, 0.29) is 12.1 Å². The Morgan fingerprint density at radius 2 is 1.84 bits per heavy atom. The van der Waals surface area contributed by atoms with Crippen LogP contribution in [-0.4, -0.2) is 36.6 Å². The summed E-state index contributed by atoms with van der Waals surface area (Å²) in [7, 11) is 0. The van der Waals surface area contributed by atoms with Gasteiger partial charge in [-0.2, -0.15) is 0 Å². The van der Waals surface area contributed by atoms with Crippen molar-refractivity contribution in [2.24, 2.45) is 17.6 Å². The van der Waals surface area contributed by atoms with Crippen LogP contribution in [0.25, 0.3) is 0 Å². The van der Waals surface area contributed by atoms with Crippen molar-refractivity contribution in [2.45, 2.75) is 45.7 Å². The number of carbonyl (C=O) groups is 1. The second-order valence-electron chi connectivity index (χ2n) is 9.05. The van der Waals surface area contributed by atoms with Crippen molar-refractivity contribution in [3.8, 4) is 0 Å². The lowest BCUT2D eigenvalue weighted by molar-refractivity contribution is 0.157. The zero-order valence-electron chi connectivity index (χ0n) is 18.9. The molecule has 3 rings (SSSR count). The number of hydrogen-bond donors (Lipinski definition) is 3. The SMILES string of the molecule is CC(C)C(CN1CCC(Cc2ccc(Cl)c(Cl)c2)CC1)NC(=O)Nc1cccc(CN)c1. The molecule has 2 aromatic carbocycles. The summed E-state index contributed by atoms with van der Waals surface area (Å²) in [4.78, 5) is 15.0. The van der Waals surface area contributed by atoms with E-state index in [1.54, 1.807) is 0 Å². The van der Waals surface area contributed by atoms with Crippen molar-refractivity contribution in [3.63, 3.8) is 0 Å². The van der Waals surface area contributed by atoms with Crippen LogP contribution in [-0.2, 0) is 13.0 Å². The van der Waals surface area contributed by atoms with Gasteiger partial charge in [0, 0.05) is 24.8 Å².